The lowest BCUT2D eigenvalue weighted by molar-refractivity contribution is -0.137. The van der Waals surface area contributed by atoms with E-state index < -0.39 is 5.97 Å². The summed E-state index contributed by atoms with van der Waals surface area (Å²) in [6.45, 7) is 0.249. The average Bonchev–Trinajstić information content (AvgIpc) is 3.38. The number of benzene rings is 3. The highest BCUT2D eigenvalue weighted by atomic mass is 35.5. The number of phenols is 1. The number of nitrogen functional groups attached to an aromatic ring is 1. The number of nitrogens with zero attached hydrogens (tertiary/aromatic N) is 5. The van der Waals surface area contributed by atoms with Crippen LogP contribution in [-0.4, -0.2) is 45.9 Å². The van der Waals surface area contributed by atoms with Crippen molar-refractivity contribution in [3.8, 4) is 28.8 Å². The maximum atomic E-state index is 13.2. The summed E-state index contributed by atoms with van der Waals surface area (Å²) < 4.78 is 1.71. The molecule has 0 fully saturated rings. The first kappa shape index (κ1) is 29.3. The summed E-state index contributed by atoms with van der Waals surface area (Å²) in [6.07, 6.45) is 2.54. The van der Waals surface area contributed by atoms with Gasteiger partial charge in [0.25, 0.3) is 5.56 Å². The van der Waals surface area contributed by atoms with E-state index in [1.807, 2.05) is 12.1 Å². The fraction of sp³-hybridized carbons (Fsp3) is 0.152. The topological polar surface area (TPSA) is 173 Å². The SMILES string of the molecule is Nc1ncnc2c1c(-c1ccc(O)cc1)nn2Cc1c(Cl)cccc1Cc1nc2cccc(C#CCCCC(=O)O)c2c(=O)[nH]1. The zero-order valence-corrected chi connectivity index (χ0v) is 24.5. The number of nitrogens with two attached hydrogens (primary N) is 1. The van der Waals surface area contributed by atoms with Crippen molar-refractivity contribution >= 4 is 45.3 Å². The number of aromatic amines is 1. The summed E-state index contributed by atoms with van der Waals surface area (Å²) in [4.78, 5) is 40.2. The fourth-order valence-corrected chi connectivity index (χ4v) is 5.40. The monoisotopic (exact) mass is 619 g/mol. The second-order valence-electron chi connectivity index (χ2n) is 10.3. The Morgan fingerprint density at radius 1 is 1.04 bits per heavy atom. The van der Waals surface area contributed by atoms with Gasteiger partial charge in [0.15, 0.2) is 5.65 Å². The van der Waals surface area contributed by atoms with Crippen molar-refractivity contribution in [2.24, 2.45) is 0 Å². The van der Waals surface area contributed by atoms with Crippen molar-refractivity contribution in [2.45, 2.75) is 32.2 Å². The molecule has 224 valence electrons. The number of carboxylic acids is 1. The van der Waals surface area contributed by atoms with E-state index in [4.69, 9.17) is 32.5 Å². The molecule has 3 aromatic heterocycles. The predicted octanol–water partition coefficient (Wildman–Crippen LogP) is 4.92. The second kappa shape index (κ2) is 12.5. The quantitative estimate of drug-likeness (QED) is 0.136. The molecule has 0 saturated heterocycles. The predicted molar refractivity (Wildman–Crippen MR) is 171 cm³/mol. The number of fused-ring (bicyclic) bond motifs is 2. The smallest absolute Gasteiger partial charge is 0.303 e. The van der Waals surface area contributed by atoms with Gasteiger partial charge < -0.3 is 20.9 Å². The van der Waals surface area contributed by atoms with Gasteiger partial charge in [0, 0.05) is 35.4 Å². The molecule has 0 aliphatic carbocycles. The van der Waals surface area contributed by atoms with Crippen LogP contribution in [0, 0.1) is 11.8 Å². The van der Waals surface area contributed by atoms with E-state index in [2.05, 4.69) is 26.8 Å². The fourth-order valence-electron chi connectivity index (χ4n) is 5.15. The normalized spacial score (nSPS) is 11.0. The maximum Gasteiger partial charge on any atom is 0.303 e. The molecule has 0 radical (unpaired) electrons. The molecule has 5 N–H and O–H groups in total. The lowest BCUT2D eigenvalue weighted by atomic mass is 10.0. The van der Waals surface area contributed by atoms with Gasteiger partial charge in [0.1, 0.15) is 29.4 Å². The van der Waals surface area contributed by atoms with Gasteiger partial charge in [0.2, 0.25) is 0 Å². The summed E-state index contributed by atoms with van der Waals surface area (Å²) in [5.74, 6) is 5.93. The lowest BCUT2D eigenvalue weighted by Crippen LogP contribution is -2.14. The molecule has 0 saturated carbocycles. The van der Waals surface area contributed by atoms with E-state index in [0.29, 0.717) is 56.9 Å². The van der Waals surface area contributed by atoms with E-state index in [0.717, 1.165) is 16.7 Å². The number of aromatic hydroxyl groups is 1. The number of hydrogen-bond donors (Lipinski definition) is 4. The minimum atomic E-state index is -0.867. The summed E-state index contributed by atoms with van der Waals surface area (Å²) in [6, 6.07) is 17.5. The molecule has 12 heteroatoms. The maximum absolute atomic E-state index is 13.2. The number of unbranched alkanes of at least 4 members (excludes halogenated alkanes) is 1. The number of H-pyrrole nitrogens is 1. The molecule has 0 amide bonds. The van der Waals surface area contributed by atoms with Gasteiger partial charge in [-0.15, -0.1) is 0 Å². The number of carboxylic acid groups (broad SMARTS) is 1. The molecule has 0 atom stereocenters. The number of anilines is 1. The number of halogens is 1. The first-order chi connectivity index (χ1) is 21.8. The van der Waals surface area contributed by atoms with Crippen LogP contribution in [0.4, 0.5) is 5.82 Å². The number of nitrogens with one attached hydrogen (secondary N) is 1. The van der Waals surface area contributed by atoms with Gasteiger partial charge in [-0.05, 0) is 60.0 Å². The van der Waals surface area contributed by atoms with E-state index in [1.165, 1.54) is 6.33 Å². The Bertz CT molecular complexity index is 2200. The first-order valence-corrected chi connectivity index (χ1v) is 14.4. The van der Waals surface area contributed by atoms with Crippen molar-refractivity contribution in [1.29, 1.82) is 0 Å². The zero-order valence-electron chi connectivity index (χ0n) is 23.8. The average molecular weight is 620 g/mol. The molecule has 0 spiro atoms. The summed E-state index contributed by atoms with van der Waals surface area (Å²) in [7, 11) is 0. The van der Waals surface area contributed by atoms with Crippen molar-refractivity contribution in [2.75, 3.05) is 5.73 Å². The molecule has 45 heavy (non-hydrogen) atoms. The van der Waals surface area contributed by atoms with Crippen molar-refractivity contribution < 1.29 is 15.0 Å². The number of phenolic OH excluding ortho intramolecular Hbond substituents is 1. The molecular weight excluding hydrogens is 594 g/mol. The van der Waals surface area contributed by atoms with Crippen LogP contribution in [0.2, 0.25) is 5.02 Å². The summed E-state index contributed by atoms with van der Waals surface area (Å²) >= 11 is 6.74. The molecule has 3 heterocycles. The van der Waals surface area contributed by atoms with E-state index >= 15 is 0 Å². The molecule has 3 aromatic carbocycles. The Labute approximate surface area is 261 Å². The highest BCUT2D eigenvalue weighted by Gasteiger charge is 2.19. The molecule has 0 bridgehead atoms. The van der Waals surface area contributed by atoms with Crippen molar-refractivity contribution in [1.82, 2.24) is 29.7 Å². The Balaban J connectivity index is 1.34. The number of rotatable bonds is 8. The molecule has 6 rings (SSSR count). The number of aliphatic carboxylic acids is 1. The van der Waals surface area contributed by atoms with E-state index in [9.17, 15) is 14.7 Å². The highest BCUT2D eigenvalue weighted by Crippen LogP contribution is 2.32. The highest BCUT2D eigenvalue weighted by molar-refractivity contribution is 6.31. The largest absolute Gasteiger partial charge is 0.508 e. The third-order valence-electron chi connectivity index (χ3n) is 7.28. The van der Waals surface area contributed by atoms with Crippen LogP contribution < -0.4 is 11.3 Å². The molecule has 0 aliphatic rings. The molecule has 0 unspecified atom stereocenters. The van der Waals surface area contributed by atoms with Gasteiger partial charge in [-0.2, -0.15) is 5.10 Å². The Hall–Kier alpha value is -5.73. The van der Waals surface area contributed by atoms with Gasteiger partial charge in [0.05, 0.1) is 22.8 Å². The zero-order chi connectivity index (χ0) is 31.5. The van der Waals surface area contributed by atoms with E-state index in [1.54, 1.807) is 53.2 Å². The molecular formula is C33H26ClN7O4. The Kier molecular flexibility index (Phi) is 8.14. The summed E-state index contributed by atoms with van der Waals surface area (Å²) in [5, 5.41) is 24.9. The molecule has 0 aliphatic heterocycles. The summed E-state index contributed by atoms with van der Waals surface area (Å²) in [5.41, 5.74) is 10.4. The third-order valence-corrected chi connectivity index (χ3v) is 7.63. The van der Waals surface area contributed by atoms with Crippen LogP contribution in [0.15, 0.2) is 71.8 Å². The molecule has 11 nitrogen and oxygen atoms in total. The minimum absolute atomic E-state index is 0.0409. The van der Waals surface area contributed by atoms with Gasteiger partial charge in [-0.1, -0.05) is 41.6 Å². The second-order valence-corrected chi connectivity index (χ2v) is 10.7. The van der Waals surface area contributed by atoms with Gasteiger partial charge >= 0.3 is 5.97 Å². The standard InChI is InChI=1S/C33H26ClN7O4/c34-24-9-4-8-21(16-26-38-25-10-5-7-19(28(25)33(45)39-26)6-2-1-3-11-27(43)44)23(24)17-41-32-29(31(35)36-18-37-32)30(40-41)20-12-14-22(42)15-13-20/h4-5,7-10,12-15,18,42H,1,3,11,16-17H2,(H,43,44)(H2,35,36,37)(H,38,39,45). The van der Waals surface area contributed by atoms with Gasteiger partial charge in [-0.3, -0.25) is 9.59 Å². The Morgan fingerprint density at radius 3 is 2.64 bits per heavy atom. The van der Waals surface area contributed by atoms with Gasteiger partial charge in [-0.25, -0.2) is 19.6 Å². The third kappa shape index (κ3) is 6.18. The first-order valence-electron chi connectivity index (χ1n) is 14.0. The van der Waals surface area contributed by atoms with Crippen LogP contribution in [-0.2, 0) is 17.8 Å². The van der Waals surface area contributed by atoms with Crippen LogP contribution >= 0.6 is 11.6 Å². The van der Waals surface area contributed by atoms with Crippen molar-refractivity contribution in [3.05, 3.63) is 105 Å². The number of carbonyl (C=O) groups is 1. The van der Waals surface area contributed by atoms with Crippen molar-refractivity contribution in [3.63, 3.8) is 0 Å². The minimum Gasteiger partial charge on any atom is -0.508 e. The van der Waals surface area contributed by atoms with Crippen LogP contribution in [0.25, 0.3) is 33.2 Å². The number of aromatic nitrogens is 6. The van der Waals surface area contributed by atoms with Crippen LogP contribution in [0.3, 0.4) is 0 Å². The van der Waals surface area contributed by atoms with E-state index in [-0.39, 0.29) is 36.5 Å². The lowest BCUT2D eigenvalue weighted by Gasteiger charge is -2.12. The molecule has 6 aromatic rings. The van der Waals surface area contributed by atoms with Crippen LogP contribution in [0.1, 0.15) is 41.8 Å². The van der Waals surface area contributed by atoms with Crippen LogP contribution in [0.5, 0.6) is 5.75 Å². The Morgan fingerprint density at radius 2 is 1.84 bits per heavy atom. The number of hydrogen-bond acceptors (Lipinski definition) is 8.